The van der Waals surface area contributed by atoms with E-state index in [4.69, 9.17) is 0 Å². The summed E-state index contributed by atoms with van der Waals surface area (Å²) >= 11 is 0. The maximum atomic E-state index is 12.4. The second-order valence-corrected chi connectivity index (χ2v) is 7.23. The standard InChI is InChI=1S/C17H19N3O2S/c21-23(22,19-11-1-2-12-20-13-3-4-14-20)16-9-5-7-15-8-6-10-18-17(15)16/h5-10,19H,3-4,11-14H2. The maximum absolute atomic E-state index is 12.4. The lowest BCUT2D eigenvalue weighted by Crippen LogP contribution is -2.25. The molecule has 0 atom stereocenters. The zero-order chi connectivity index (χ0) is 16.1. The first-order valence-electron chi connectivity index (χ1n) is 7.68. The van der Waals surface area contributed by atoms with Crippen molar-refractivity contribution in [3.63, 3.8) is 0 Å². The fourth-order valence-electron chi connectivity index (χ4n) is 2.67. The average molecular weight is 329 g/mol. The van der Waals surface area contributed by atoms with Gasteiger partial charge in [0, 0.05) is 11.6 Å². The minimum Gasteiger partial charge on any atom is -0.292 e. The highest BCUT2D eigenvalue weighted by molar-refractivity contribution is 7.89. The van der Waals surface area contributed by atoms with Crippen molar-refractivity contribution in [2.24, 2.45) is 0 Å². The number of nitrogens with zero attached hydrogens (tertiary/aromatic N) is 2. The van der Waals surface area contributed by atoms with Gasteiger partial charge in [0.15, 0.2) is 0 Å². The Bertz CT molecular complexity index is 842. The van der Waals surface area contributed by atoms with Gasteiger partial charge in [-0.2, -0.15) is 4.72 Å². The molecule has 120 valence electrons. The summed E-state index contributed by atoms with van der Waals surface area (Å²) in [5, 5.41) is 0.801. The quantitative estimate of drug-likeness (QED) is 0.866. The van der Waals surface area contributed by atoms with Gasteiger partial charge in [-0.3, -0.25) is 9.88 Å². The van der Waals surface area contributed by atoms with Crippen molar-refractivity contribution in [2.75, 3.05) is 26.2 Å². The second-order valence-electron chi connectivity index (χ2n) is 5.49. The van der Waals surface area contributed by atoms with Gasteiger partial charge in [-0.15, -0.1) is 0 Å². The minimum atomic E-state index is -3.61. The van der Waals surface area contributed by atoms with E-state index in [1.54, 1.807) is 24.4 Å². The summed E-state index contributed by atoms with van der Waals surface area (Å²) in [5.41, 5.74) is 0.479. The molecule has 0 saturated carbocycles. The summed E-state index contributed by atoms with van der Waals surface area (Å²) in [6.45, 7) is 2.99. The molecule has 1 saturated heterocycles. The summed E-state index contributed by atoms with van der Waals surface area (Å²) in [6.07, 6.45) is 4.04. The van der Waals surface area contributed by atoms with E-state index in [1.165, 1.54) is 12.8 Å². The Morgan fingerprint density at radius 1 is 1.13 bits per heavy atom. The fourth-order valence-corrected chi connectivity index (χ4v) is 3.77. The molecule has 1 aromatic carbocycles. The monoisotopic (exact) mass is 329 g/mol. The van der Waals surface area contributed by atoms with Gasteiger partial charge < -0.3 is 0 Å². The number of benzene rings is 1. The van der Waals surface area contributed by atoms with Gasteiger partial charge >= 0.3 is 0 Å². The summed E-state index contributed by atoms with van der Waals surface area (Å²) in [7, 11) is -3.61. The molecular weight excluding hydrogens is 310 g/mol. The van der Waals surface area contributed by atoms with E-state index in [1.807, 2.05) is 12.1 Å². The molecule has 0 amide bonds. The number of sulfonamides is 1. The van der Waals surface area contributed by atoms with Crippen LogP contribution in [0.15, 0.2) is 41.4 Å². The molecule has 1 N–H and O–H groups in total. The molecule has 2 heterocycles. The molecule has 0 radical (unpaired) electrons. The number of pyridine rings is 1. The Morgan fingerprint density at radius 3 is 2.74 bits per heavy atom. The van der Waals surface area contributed by atoms with Crippen molar-refractivity contribution in [3.05, 3.63) is 36.5 Å². The van der Waals surface area contributed by atoms with E-state index in [0.717, 1.165) is 18.5 Å². The average Bonchev–Trinajstić information content (AvgIpc) is 3.07. The Labute approximate surface area is 136 Å². The predicted octanol–water partition coefficient (Wildman–Crippen LogP) is 1.61. The van der Waals surface area contributed by atoms with Crippen molar-refractivity contribution >= 4 is 20.9 Å². The Balaban J connectivity index is 1.68. The van der Waals surface area contributed by atoms with Gasteiger partial charge in [-0.25, -0.2) is 8.42 Å². The smallest absolute Gasteiger partial charge is 0.243 e. The topological polar surface area (TPSA) is 62.3 Å². The van der Waals surface area contributed by atoms with Gasteiger partial charge in [-0.05, 0) is 38.1 Å². The molecule has 3 rings (SSSR count). The van der Waals surface area contributed by atoms with E-state index >= 15 is 0 Å². The Hall–Kier alpha value is -1.94. The molecule has 1 aromatic heterocycles. The van der Waals surface area contributed by atoms with Gasteiger partial charge in [0.05, 0.1) is 18.6 Å². The lowest BCUT2D eigenvalue weighted by Gasteiger charge is -2.08. The molecule has 23 heavy (non-hydrogen) atoms. The number of nitrogens with one attached hydrogen (secondary N) is 1. The van der Waals surface area contributed by atoms with Crippen molar-refractivity contribution in [1.29, 1.82) is 0 Å². The summed E-state index contributed by atoms with van der Waals surface area (Å²) < 4.78 is 27.4. The molecule has 0 bridgehead atoms. The van der Waals surface area contributed by atoms with Gasteiger partial charge in [0.25, 0.3) is 0 Å². The number of para-hydroxylation sites is 1. The summed E-state index contributed by atoms with van der Waals surface area (Å²) in [4.78, 5) is 6.65. The molecule has 0 unspecified atom stereocenters. The zero-order valence-electron chi connectivity index (χ0n) is 12.8. The van der Waals surface area contributed by atoms with Crippen molar-refractivity contribution in [1.82, 2.24) is 14.6 Å². The third-order valence-corrected chi connectivity index (χ3v) is 5.29. The van der Waals surface area contributed by atoms with Gasteiger partial charge in [0.2, 0.25) is 10.0 Å². The summed E-state index contributed by atoms with van der Waals surface area (Å²) in [5.74, 6) is 5.91. The van der Waals surface area contributed by atoms with Gasteiger partial charge in [-0.1, -0.05) is 30.0 Å². The number of hydrogen-bond acceptors (Lipinski definition) is 4. The number of fused-ring (bicyclic) bond motifs is 1. The molecule has 2 aromatic rings. The van der Waals surface area contributed by atoms with Crippen LogP contribution in [0.2, 0.25) is 0 Å². The van der Waals surface area contributed by atoms with Crippen LogP contribution in [0.3, 0.4) is 0 Å². The number of aromatic nitrogens is 1. The van der Waals surface area contributed by atoms with Crippen LogP contribution in [-0.2, 0) is 10.0 Å². The van der Waals surface area contributed by atoms with E-state index in [-0.39, 0.29) is 11.4 Å². The zero-order valence-corrected chi connectivity index (χ0v) is 13.6. The van der Waals surface area contributed by atoms with E-state index in [0.29, 0.717) is 12.1 Å². The van der Waals surface area contributed by atoms with Crippen LogP contribution in [0.25, 0.3) is 10.9 Å². The van der Waals surface area contributed by atoms with Crippen LogP contribution in [0.1, 0.15) is 12.8 Å². The molecule has 1 aliphatic rings. The van der Waals surface area contributed by atoms with Gasteiger partial charge in [0.1, 0.15) is 4.90 Å². The van der Waals surface area contributed by atoms with E-state index in [9.17, 15) is 8.42 Å². The van der Waals surface area contributed by atoms with Crippen LogP contribution in [0.5, 0.6) is 0 Å². The van der Waals surface area contributed by atoms with Crippen LogP contribution in [0.4, 0.5) is 0 Å². The maximum Gasteiger partial charge on any atom is 0.243 e. The molecule has 5 nitrogen and oxygen atoms in total. The third kappa shape index (κ3) is 3.88. The van der Waals surface area contributed by atoms with Crippen LogP contribution in [-0.4, -0.2) is 44.5 Å². The van der Waals surface area contributed by atoms with Crippen LogP contribution >= 0.6 is 0 Å². The lowest BCUT2D eigenvalue weighted by atomic mass is 10.2. The Kier molecular flexibility index (Phi) is 4.91. The van der Waals surface area contributed by atoms with Crippen LogP contribution in [0, 0.1) is 11.8 Å². The largest absolute Gasteiger partial charge is 0.292 e. The highest BCUT2D eigenvalue weighted by Crippen LogP contribution is 2.20. The highest BCUT2D eigenvalue weighted by atomic mass is 32.2. The van der Waals surface area contributed by atoms with Crippen molar-refractivity contribution in [2.45, 2.75) is 17.7 Å². The molecule has 0 aliphatic carbocycles. The molecular formula is C17H19N3O2S. The van der Waals surface area contributed by atoms with Crippen molar-refractivity contribution in [3.8, 4) is 11.8 Å². The summed E-state index contributed by atoms with van der Waals surface area (Å²) in [6, 6.07) is 8.76. The van der Waals surface area contributed by atoms with Crippen LogP contribution < -0.4 is 4.72 Å². The van der Waals surface area contributed by atoms with E-state index < -0.39 is 10.0 Å². The molecule has 0 spiro atoms. The molecule has 6 heteroatoms. The lowest BCUT2D eigenvalue weighted by molar-refractivity contribution is 0.383. The highest BCUT2D eigenvalue weighted by Gasteiger charge is 2.17. The second kappa shape index (κ2) is 7.09. The Morgan fingerprint density at radius 2 is 1.91 bits per heavy atom. The third-order valence-electron chi connectivity index (χ3n) is 3.86. The first-order chi connectivity index (χ1) is 11.2. The first kappa shape index (κ1) is 15.9. The number of hydrogen-bond donors (Lipinski definition) is 1. The number of rotatable bonds is 4. The number of likely N-dealkylation sites (tertiary alicyclic amines) is 1. The minimum absolute atomic E-state index is 0.111. The first-order valence-corrected chi connectivity index (χ1v) is 9.17. The normalized spacial score (nSPS) is 15.5. The van der Waals surface area contributed by atoms with Crippen molar-refractivity contribution < 1.29 is 8.42 Å². The SMILES string of the molecule is O=S(=O)(NCC#CCN1CCCC1)c1cccc2cccnc12. The fraction of sp³-hybridized carbons (Fsp3) is 0.353. The predicted molar refractivity (Wildman–Crippen MR) is 90.4 cm³/mol. The van der Waals surface area contributed by atoms with E-state index in [2.05, 4.69) is 26.4 Å². The molecule has 1 aliphatic heterocycles. The molecule has 1 fully saturated rings.